The smallest absolute Gasteiger partial charge is 0.264 e. The molecular formula is C18H37ClO6S2. The van der Waals surface area contributed by atoms with Crippen LogP contribution in [-0.2, 0) is 23.4 Å². The van der Waals surface area contributed by atoms with Crippen LogP contribution in [0.4, 0.5) is 0 Å². The van der Waals surface area contributed by atoms with E-state index in [0.29, 0.717) is 0 Å². The molecule has 0 fully saturated rings. The van der Waals surface area contributed by atoms with E-state index in [4.69, 9.17) is 9.29 Å². The normalized spacial score (nSPS) is 13.1. The van der Waals surface area contributed by atoms with Crippen LogP contribution in [0.3, 0.4) is 0 Å². The molecule has 27 heavy (non-hydrogen) atoms. The summed E-state index contributed by atoms with van der Waals surface area (Å²) in [7, 11) is -1.99. The second-order valence-electron chi connectivity index (χ2n) is 6.86. The summed E-state index contributed by atoms with van der Waals surface area (Å²) in [4.78, 5) is 0. The van der Waals surface area contributed by atoms with Gasteiger partial charge in [0.1, 0.15) is 0 Å². The fraction of sp³-hybridized carbons (Fsp3) is 0.778. The maximum atomic E-state index is 10.7. The third kappa shape index (κ3) is 51.7. The van der Waals surface area contributed by atoms with E-state index in [1.807, 2.05) is 20.8 Å². The molecule has 0 spiro atoms. The lowest BCUT2D eigenvalue weighted by Crippen LogP contribution is -2.13. The van der Waals surface area contributed by atoms with Crippen LogP contribution < -0.4 is 0 Å². The molecule has 0 heterocycles. The Balaban J connectivity index is -0.000000356. The zero-order valence-corrected chi connectivity index (χ0v) is 20.2. The van der Waals surface area contributed by atoms with Gasteiger partial charge >= 0.3 is 0 Å². The summed E-state index contributed by atoms with van der Waals surface area (Å²) in [6, 6.07) is 0. The van der Waals surface area contributed by atoms with E-state index in [0.717, 1.165) is 38.2 Å². The first-order valence-corrected chi connectivity index (χ1v) is 13.2. The van der Waals surface area contributed by atoms with Crippen molar-refractivity contribution in [2.45, 2.75) is 79.4 Å². The maximum absolute atomic E-state index is 10.7. The molecule has 0 saturated carbocycles. The Hall–Kier alpha value is -0.410. The molecule has 0 saturated heterocycles. The van der Waals surface area contributed by atoms with Crippen molar-refractivity contribution >= 4 is 29.9 Å². The molecule has 2 atom stereocenters. The first kappa shape index (κ1) is 31.3. The van der Waals surface area contributed by atoms with E-state index in [1.165, 1.54) is 11.1 Å². The molecule has 9 heteroatoms. The SMILES string of the molecule is CC(C)=CCC[C@H](C)O.CC(C)=CCC[C@H](C)OS(C)(=O)=O.CS(=O)(=O)Cl. The monoisotopic (exact) mass is 448 g/mol. The summed E-state index contributed by atoms with van der Waals surface area (Å²) >= 11 is 0. The van der Waals surface area contributed by atoms with Crippen LogP contribution >= 0.6 is 10.7 Å². The van der Waals surface area contributed by atoms with Crippen LogP contribution in [0.15, 0.2) is 23.3 Å². The van der Waals surface area contributed by atoms with E-state index in [1.54, 1.807) is 6.92 Å². The molecule has 6 nitrogen and oxygen atoms in total. The Kier molecular flexibility index (Phi) is 19.2. The van der Waals surface area contributed by atoms with Gasteiger partial charge in [0.25, 0.3) is 10.1 Å². The van der Waals surface area contributed by atoms with Gasteiger partial charge in [-0.2, -0.15) is 8.42 Å². The van der Waals surface area contributed by atoms with Gasteiger partial charge < -0.3 is 5.11 Å². The van der Waals surface area contributed by atoms with Crippen LogP contribution in [0.2, 0.25) is 0 Å². The standard InChI is InChI=1S/C9H18O3S.C8H16O.CH3ClO2S/c1-8(2)6-5-7-9(3)12-13(4,10)11;1-7(2)5-4-6-8(3)9;1-5(2,3)4/h6,9H,5,7H2,1-4H3;5,8-9H,4,6H2,1-3H3;1H3/t9-;8-;/m00./s1. The van der Waals surface area contributed by atoms with Gasteiger partial charge in [-0.3, -0.25) is 4.18 Å². The Labute approximate surface area is 171 Å². The third-order valence-electron chi connectivity index (χ3n) is 2.60. The highest BCUT2D eigenvalue weighted by Gasteiger charge is 2.08. The number of allylic oxidation sites excluding steroid dienone is 4. The fourth-order valence-corrected chi connectivity index (χ4v) is 2.26. The summed E-state index contributed by atoms with van der Waals surface area (Å²) in [5, 5.41) is 8.84. The van der Waals surface area contributed by atoms with Gasteiger partial charge in [0.05, 0.1) is 24.7 Å². The van der Waals surface area contributed by atoms with Crippen molar-refractivity contribution in [3.8, 4) is 0 Å². The molecule has 0 aromatic carbocycles. The minimum Gasteiger partial charge on any atom is -0.393 e. The molecule has 1 N–H and O–H groups in total. The summed E-state index contributed by atoms with van der Waals surface area (Å²) < 4.78 is 45.0. The van der Waals surface area contributed by atoms with Crippen LogP contribution in [0.25, 0.3) is 0 Å². The molecule has 0 rings (SSSR count). The van der Waals surface area contributed by atoms with Gasteiger partial charge in [-0.15, -0.1) is 0 Å². The van der Waals surface area contributed by atoms with Crippen LogP contribution in [-0.4, -0.2) is 46.7 Å². The molecule has 0 unspecified atom stereocenters. The highest BCUT2D eigenvalue weighted by atomic mass is 35.7. The molecule has 0 bridgehead atoms. The number of aliphatic hydroxyl groups is 1. The molecule has 164 valence electrons. The number of hydrogen-bond acceptors (Lipinski definition) is 6. The first-order chi connectivity index (χ1) is 11.9. The Morgan fingerprint density at radius 3 is 1.52 bits per heavy atom. The van der Waals surface area contributed by atoms with Crippen molar-refractivity contribution in [1.29, 1.82) is 0 Å². The molecule has 0 aromatic heterocycles. The minimum atomic E-state index is -3.29. The van der Waals surface area contributed by atoms with E-state index in [-0.39, 0.29) is 12.2 Å². The average Bonchev–Trinajstić information content (AvgIpc) is 2.33. The van der Waals surface area contributed by atoms with Crippen molar-refractivity contribution in [3.05, 3.63) is 23.3 Å². The van der Waals surface area contributed by atoms with Gasteiger partial charge in [-0.05, 0) is 67.2 Å². The lowest BCUT2D eigenvalue weighted by Gasteiger charge is -2.08. The Morgan fingerprint density at radius 2 is 1.26 bits per heavy atom. The minimum absolute atomic E-state index is 0.152. The highest BCUT2D eigenvalue weighted by molar-refractivity contribution is 8.13. The first-order valence-electron chi connectivity index (χ1n) is 8.66. The second-order valence-corrected chi connectivity index (χ2v) is 11.5. The van der Waals surface area contributed by atoms with Gasteiger partial charge in [0.2, 0.25) is 9.05 Å². The van der Waals surface area contributed by atoms with Gasteiger partial charge in [0, 0.05) is 10.7 Å². The topological polar surface area (TPSA) is 97.7 Å². The Morgan fingerprint density at radius 1 is 0.926 bits per heavy atom. The number of halogens is 1. The summed E-state index contributed by atoms with van der Waals surface area (Å²) in [6.07, 6.45) is 9.31. The van der Waals surface area contributed by atoms with Gasteiger partial charge in [-0.1, -0.05) is 23.3 Å². The largest absolute Gasteiger partial charge is 0.393 e. The Bertz CT molecular complexity index is 619. The summed E-state index contributed by atoms with van der Waals surface area (Å²) in [5.74, 6) is 0. The molecular weight excluding hydrogens is 412 g/mol. The van der Waals surface area contributed by atoms with E-state index >= 15 is 0 Å². The van der Waals surface area contributed by atoms with Crippen LogP contribution in [0.5, 0.6) is 0 Å². The quantitative estimate of drug-likeness (QED) is 0.335. The number of rotatable bonds is 8. The molecule has 0 aliphatic rings. The highest BCUT2D eigenvalue weighted by Crippen LogP contribution is 2.06. The molecule has 0 aliphatic carbocycles. The van der Waals surface area contributed by atoms with Crippen LogP contribution in [0, 0.1) is 0 Å². The molecule has 0 radical (unpaired) electrons. The summed E-state index contributed by atoms with van der Waals surface area (Å²) in [6.45, 7) is 11.8. The van der Waals surface area contributed by atoms with E-state index in [9.17, 15) is 16.8 Å². The van der Waals surface area contributed by atoms with Crippen molar-refractivity contribution in [2.24, 2.45) is 0 Å². The zero-order valence-electron chi connectivity index (χ0n) is 17.8. The van der Waals surface area contributed by atoms with Gasteiger partial charge in [-0.25, -0.2) is 8.42 Å². The maximum Gasteiger partial charge on any atom is 0.264 e. The third-order valence-corrected chi connectivity index (χ3v) is 3.28. The fourth-order valence-electron chi connectivity index (χ4n) is 1.57. The van der Waals surface area contributed by atoms with E-state index < -0.39 is 19.2 Å². The number of hydrogen-bond donors (Lipinski definition) is 1. The van der Waals surface area contributed by atoms with Crippen molar-refractivity contribution < 1.29 is 26.1 Å². The van der Waals surface area contributed by atoms with E-state index in [2.05, 4.69) is 36.7 Å². The number of aliphatic hydroxyl groups excluding tert-OH is 1. The van der Waals surface area contributed by atoms with Crippen LogP contribution in [0.1, 0.15) is 67.2 Å². The van der Waals surface area contributed by atoms with Crippen molar-refractivity contribution in [1.82, 2.24) is 0 Å². The molecule has 0 aromatic rings. The second kappa shape index (κ2) is 16.5. The molecule has 0 aliphatic heterocycles. The van der Waals surface area contributed by atoms with Gasteiger partial charge in [0.15, 0.2) is 0 Å². The molecule has 0 amide bonds. The predicted molar refractivity (Wildman–Crippen MR) is 115 cm³/mol. The average molecular weight is 449 g/mol. The van der Waals surface area contributed by atoms with Crippen molar-refractivity contribution in [3.63, 3.8) is 0 Å². The van der Waals surface area contributed by atoms with Crippen molar-refractivity contribution in [2.75, 3.05) is 12.5 Å². The lowest BCUT2D eigenvalue weighted by molar-refractivity contribution is 0.186. The zero-order chi connectivity index (χ0) is 22.3. The lowest BCUT2D eigenvalue weighted by atomic mass is 10.2. The predicted octanol–water partition coefficient (Wildman–Crippen LogP) is 4.40. The summed E-state index contributed by atoms with van der Waals surface area (Å²) in [5.41, 5.74) is 2.57.